The lowest BCUT2D eigenvalue weighted by atomic mass is 10.1. The van der Waals surface area contributed by atoms with E-state index in [1.54, 1.807) is 26.1 Å². The normalized spacial score (nSPS) is 10.8. The van der Waals surface area contributed by atoms with E-state index in [2.05, 4.69) is 15.4 Å². The maximum Gasteiger partial charge on any atom is 0.277 e. The molecule has 0 aliphatic heterocycles. The number of hydrogen-bond acceptors (Lipinski definition) is 6. The number of amides is 1. The Bertz CT molecular complexity index is 1400. The fourth-order valence-electron chi connectivity index (χ4n) is 3.39. The Balaban J connectivity index is 1.64. The van der Waals surface area contributed by atoms with Gasteiger partial charge in [0.05, 0.1) is 22.6 Å². The lowest BCUT2D eigenvalue weighted by Crippen LogP contribution is -2.23. The van der Waals surface area contributed by atoms with Crippen LogP contribution < -0.4 is 15.6 Å². The van der Waals surface area contributed by atoms with Crippen LogP contribution in [0.2, 0.25) is 0 Å². The second kappa shape index (κ2) is 8.99. The van der Waals surface area contributed by atoms with E-state index in [9.17, 15) is 9.59 Å². The molecule has 1 amide bonds. The number of anilines is 1. The molecule has 7 nitrogen and oxygen atoms in total. The number of carbonyl (C=O) groups is 1. The van der Waals surface area contributed by atoms with Crippen LogP contribution in [-0.4, -0.2) is 20.7 Å². The molecule has 2 aromatic carbocycles. The summed E-state index contributed by atoms with van der Waals surface area (Å²) in [6, 6.07) is 14.9. The quantitative estimate of drug-likeness (QED) is 0.443. The Kier molecular flexibility index (Phi) is 6.11. The van der Waals surface area contributed by atoms with Crippen LogP contribution in [0.5, 0.6) is 11.5 Å². The van der Waals surface area contributed by atoms with Crippen molar-refractivity contribution in [1.29, 1.82) is 0 Å². The first kappa shape index (κ1) is 22.4. The predicted octanol–water partition coefficient (Wildman–Crippen LogP) is 5.18. The summed E-state index contributed by atoms with van der Waals surface area (Å²) in [4.78, 5) is 30.8. The minimum absolute atomic E-state index is 0.240. The first-order valence-electron chi connectivity index (χ1n) is 10.4. The number of ether oxygens (including phenoxy) is 1. The third-order valence-corrected chi connectivity index (χ3v) is 6.50. The molecule has 2 heterocycles. The van der Waals surface area contributed by atoms with E-state index >= 15 is 0 Å². The second-order valence-electron chi connectivity index (χ2n) is 7.81. The summed E-state index contributed by atoms with van der Waals surface area (Å²) in [6.45, 7) is 7.46. The molecular weight excluding hydrogens is 436 g/mol. The highest BCUT2D eigenvalue weighted by atomic mass is 32.1. The summed E-state index contributed by atoms with van der Waals surface area (Å²) in [5, 5.41) is 7.65. The number of thiazole rings is 1. The number of aryl methyl sites for hydroxylation is 4. The van der Waals surface area contributed by atoms with Crippen LogP contribution in [-0.2, 0) is 7.05 Å². The maximum absolute atomic E-state index is 13.1. The van der Waals surface area contributed by atoms with Crippen molar-refractivity contribution in [2.24, 2.45) is 7.05 Å². The number of benzene rings is 2. The van der Waals surface area contributed by atoms with Crippen molar-refractivity contribution in [3.8, 4) is 22.1 Å². The number of hydrogen-bond donors (Lipinski definition) is 1. The van der Waals surface area contributed by atoms with Crippen LogP contribution in [0, 0.1) is 27.7 Å². The van der Waals surface area contributed by atoms with Crippen LogP contribution in [0.15, 0.2) is 53.3 Å². The zero-order valence-corrected chi connectivity index (χ0v) is 19.9. The summed E-state index contributed by atoms with van der Waals surface area (Å²) in [6.07, 6.45) is 0. The van der Waals surface area contributed by atoms with Crippen molar-refractivity contribution in [3.63, 3.8) is 0 Å². The van der Waals surface area contributed by atoms with Crippen molar-refractivity contribution in [2.45, 2.75) is 27.7 Å². The van der Waals surface area contributed by atoms with Gasteiger partial charge in [-0.2, -0.15) is 5.10 Å². The van der Waals surface area contributed by atoms with Gasteiger partial charge in [-0.1, -0.05) is 29.8 Å². The number of carbonyl (C=O) groups excluding carboxylic acids is 1. The Hall–Kier alpha value is -3.78. The highest BCUT2D eigenvalue weighted by molar-refractivity contribution is 7.17. The topological polar surface area (TPSA) is 86.1 Å². The molecule has 0 spiro atoms. The summed E-state index contributed by atoms with van der Waals surface area (Å²) >= 11 is 1.19. The van der Waals surface area contributed by atoms with Gasteiger partial charge in [-0.25, -0.2) is 9.67 Å². The van der Waals surface area contributed by atoms with Crippen molar-refractivity contribution in [3.05, 3.63) is 86.3 Å². The van der Waals surface area contributed by atoms with Crippen LogP contribution in [0.3, 0.4) is 0 Å². The number of rotatable bonds is 5. The molecule has 0 fully saturated rings. The zero-order valence-electron chi connectivity index (χ0n) is 19.1. The largest absolute Gasteiger partial charge is 0.455 e. The van der Waals surface area contributed by atoms with Gasteiger partial charge in [-0.15, -0.1) is 11.3 Å². The van der Waals surface area contributed by atoms with E-state index in [-0.39, 0.29) is 11.5 Å². The fourth-order valence-corrected chi connectivity index (χ4v) is 4.44. The van der Waals surface area contributed by atoms with Gasteiger partial charge in [-0.3, -0.25) is 9.59 Å². The van der Waals surface area contributed by atoms with Gasteiger partial charge in [0.2, 0.25) is 0 Å². The van der Waals surface area contributed by atoms with Gasteiger partial charge in [-0.05, 0) is 57.5 Å². The lowest BCUT2D eigenvalue weighted by Gasteiger charge is -2.12. The summed E-state index contributed by atoms with van der Waals surface area (Å²) < 4.78 is 7.28. The standard InChI is InChI=1S/C25H24N4O3S/c1-14-10-12-18(13-11-14)32-20-9-7-6-8-19(20)27-23(30)22-17(4)26-24(33-22)21-15(2)16(3)28-29(5)25(21)31/h6-13H,1-5H3,(H,27,30). The van der Waals surface area contributed by atoms with E-state index in [1.165, 1.54) is 16.0 Å². The molecule has 4 rings (SSSR count). The van der Waals surface area contributed by atoms with Crippen LogP contribution in [0.25, 0.3) is 10.6 Å². The van der Waals surface area contributed by atoms with E-state index in [4.69, 9.17) is 4.74 Å². The summed E-state index contributed by atoms with van der Waals surface area (Å²) in [7, 11) is 1.61. The van der Waals surface area contributed by atoms with Crippen molar-refractivity contribution in [1.82, 2.24) is 14.8 Å². The molecule has 0 aliphatic rings. The monoisotopic (exact) mass is 460 g/mol. The minimum Gasteiger partial charge on any atom is -0.455 e. The molecule has 4 aromatic rings. The molecule has 33 heavy (non-hydrogen) atoms. The molecule has 0 bridgehead atoms. The molecule has 0 radical (unpaired) electrons. The first-order valence-corrected chi connectivity index (χ1v) is 11.2. The highest BCUT2D eigenvalue weighted by Gasteiger charge is 2.22. The van der Waals surface area contributed by atoms with Gasteiger partial charge in [0, 0.05) is 7.05 Å². The van der Waals surface area contributed by atoms with Crippen LogP contribution in [0.4, 0.5) is 5.69 Å². The van der Waals surface area contributed by atoms with E-state index in [1.807, 2.05) is 57.2 Å². The van der Waals surface area contributed by atoms with Crippen LogP contribution >= 0.6 is 11.3 Å². The van der Waals surface area contributed by atoms with Crippen molar-refractivity contribution >= 4 is 22.9 Å². The molecule has 168 valence electrons. The predicted molar refractivity (Wildman–Crippen MR) is 130 cm³/mol. The second-order valence-corrected chi connectivity index (χ2v) is 8.81. The zero-order chi connectivity index (χ0) is 23.7. The number of nitrogens with one attached hydrogen (secondary N) is 1. The molecule has 0 saturated heterocycles. The molecule has 0 unspecified atom stereocenters. The summed E-state index contributed by atoms with van der Waals surface area (Å²) in [5.41, 5.74) is 3.97. The molecule has 0 aliphatic carbocycles. The van der Waals surface area contributed by atoms with Gasteiger partial charge < -0.3 is 10.1 Å². The van der Waals surface area contributed by atoms with E-state index in [0.717, 1.165) is 16.8 Å². The number of nitrogens with zero attached hydrogens (tertiary/aromatic N) is 3. The van der Waals surface area contributed by atoms with Gasteiger partial charge in [0.25, 0.3) is 11.5 Å². The van der Waals surface area contributed by atoms with E-state index in [0.29, 0.717) is 38.3 Å². The summed E-state index contributed by atoms with van der Waals surface area (Å²) in [5.74, 6) is 0.904. The molecule has 1 N–H and O–H groups in total. The Morgan fingerprint density at radius 3 is 2.42 bits per heavy atom. The highest BCUT2D eigenvalue weighted by Crippen LogP contribution is 2.32. The minimum atomic E-state index is -0.309. The molecule has 0 atom stereocenters. The molecule has 0 saturated carbocycles. The number of aromatic nitrogens is 3. The van der Waals surface area contributed by atoms with Crippen molar-refractivity contribution in [2.75, 3.05) is 5.32 Å². The number of para-hydroxylation sites is 2. The third kappa shape index (κ3) is 4.56. The Labute approximate surface area is 195 Å². The van der Waals surface area contributed by atoms with Gasteiger partial charge in [0.1, 0.15) is 15.6 Å². The van der Waals surface area contributed by atoms with E-state index < -0.39 is 0 Å². The molecule has 8 heteroatoms. The maximum atomic E-state index is 13.1. The van der Waals surface area contributed by atoms with Crippen molar-refractivity contribution < 1.29 is 9.53 Å². The van der Waals surface area contributed by atoms with Gasteiger partial charge >= 0.3 is 0 Å². The average molecular weight is 461 g/mol. The Morgan fingerprint density at radius 1 is 1.00 bits per heavy atom. The SMILES string of the molecule is Cc1ccc(Oc2ccccc2NC(=O)c2sc(-c3c(C)c(C)nn(C)c3=O)nc2C)cc1. The molecule has 2 aromatic heterocycles. The third-order valence-electron chi connectivity index (χ3n) is 5.33. The fraction of sp³-hybridized carbons (Fsp3) is 0.200. The van der Waals surface area contributed by atoms with Gasteiger partial charge in [0.15, 0.2) is 5.75 Å². The first-order chi connectivity index (χ1) is 15.7. The molecular formula is C25H24N4O3S. The lowest BCUT2D eigenvalue weighted by molar-refractivity contribution is 0.102. The van der Waals surface area contributed by atoms with Crippen LogP contribution in [0.1, 0.15) is 32.2 Å². The smallest absolute Gasteiger partial charge is 0.277 e. The average Bonchev–Trinajstić information content (AvgIpc) is 3.16. The Morgan fingerprint density at radius 2 is 1.70 bits per heavy atom.